The van der Waals surface area contributed by atoms with Crippen LogP contribution >= 0.6 is 0 Å². The van der Waals surface area contributed by atoms with Gasteiger partial charge < -0.3 is 14.5 Å². The highest BCUT2D eigenvalue weighted by Gasteiger charge is 2.02. The Morgan fingerprint density at radius 3 is 2.94 bits per heavy atom. The van der Waals surface area contributed by atoms with Crippen molar-refractivity contribution in [1.82, 2.24) is 9.97 Å². The first-order valence-corrected chi connectivity index (χ1v) is 5.40. The predicted octanol–water partition coefficient (Wildman–Crippen LogP) is 2.14. The lowest BCUT2D eigenvalue weighted by molar-refractivity contribution is 0.0881. The fraction of sp³-hybridized carbons (Fsp3) is 0.333. The molecule has 0 spiro atoms. The Kier molecular flexibility index (Phi) is 3.72. The van der Waals surface area contributed by atoms with Gasteiger partial charge in [-0.3, -0.25) is 0 Å². The molecule has 2 aromatic heterocycles. The summed E-state index contributed by atoms with van der Waals surface area (Å²) in [5, 5.41) is 2.99. The van der Waals surface area contributed by atoms with E-state index in [1.807, 2.05) is 32.2 Å². The average molecular weight is 233 g/mol. The van der Waals surface area contributed by atoms with E-state index in [0.29, 0.717) is 19.0 Å². The van der Waals surface area contributed by atoms with Crippen molar-refractivity contribution in [3.63, 3.8) is 0 Å². The van der Waals surface area contributed by atoms with E-state index in [-0.39, 0.29) is 0 Å². The van der Waals surface area contributed by atoms with E-state index in [2.05, 4.69) is 15.3 Å². The van der Waals surface area contributed by atoms with Crippen LogP contribution in [0.5, 0.6) is 0 Å². The summed E-state index contributed by atoms with van der Waals surface area (Å²) in [5.41, 5.74) is 0.918. The summed E-state index contributed by atoms with van der Waals surface area (Å²) in [4.78, 5) is 8.59. The molecule has 2 heterocycles. The summed E-state index contributed by atoms with van der Waals surface area (Å²) < 4.78 is 10.6. The van der Waals surface area contributed by atoms with Crippen LogP contribution in [0.2, 0.25) is 0 Å². The molecule has 0 amide bonds. The molecular formula is C12H15N3O2. The SMILES string of the molecule is CNc1cc(C)nc(COCc2ccco2)n1. The maximum Gasteiger partial charge on any atom is 0.156 e. The molecule has 2 aromatic rings. The lowest BCUT2D eigenvalue weighted by Gasteiger charge is -2.05. The number of nitrogens with one attached hydrogen (secondary N) is 1. The van der Waals surface area contributed by atoms with E-state index in [4.69, 9.17) is 9.15 Å². The highest BCUT2D eigenvalue weighted by molar-refractivity contribution is 5.34. The number of anilines is 1. The van der Waals surface area contributed by atoms with Crippen molar-refractivity contribution in [3.8, 4) is 0 Å². The zero-order valence-corrected chi connectivity index (χ0v) is 9.93. The highest BCUT2D eigenvalue weighted by atomic mass is 16.5. The molecule has 2 rings (SSSR count). The molecule has 0 aromatic carbocycles. The molecule has 5 heteroatoms. The molecule has 0 fully saturated rings. The molecule has 0 unspecified atom stereocenters. The van der Waals surface area contributed by atoms with E-state index >= 15 is 0 Å². The van der Waals surface area contributed by atoms with Crippen LogP contribution in [0.15, 0.2) is 28.9 Å². The number of nitrogens with zero attached hydrogens (tertiary/aromatic N) is 2. The van der Waals surface area contributed by atoms with Crippen molar-refractivity contribution < 1.29 is 9.15 Å². The minimum absolute atomic E-state index is 0.372. The zero-order chi connectivity index (χ0) is 12.1. The number of furan rings is 1. The Morgan fingerprint density at radius 1 is 1.35 bits per heavy atom. The number of aromatic nitrogens is 2. The summed E-state index contributed by atoms with van der Waals surface area (Å²) in [5.74, 6) is 2.27. The summed E-state index contributed by atoms with van der Waals surface area (Å²) in [6, 6.07) is 5.59. The number of hydrogen-bond donors (Lipinski definition) is 1. The lowest BCUT2D eigenvalue weighted by atomic mass is 10.4. The first-order chi connectivity index (χ1) is 8.28. The van der Waals surface area contributed by atoms with Crippen LogP contribution in [0.1, 0.15) is 17.3 Å². The first kappa shape index (κ1) is 11.6. The fourth-order valence-corrected chi connectivity index (χ4v) is 1.46. The Morgan fingerprint density at radius 2 is 2.24 bits per heavy atom. The van der Waals surface area contributed by atoms with Gasteiger partial charge in [-0.05, 0) is 19.1 Å². The van der Waals surface area contributed by atoms with Gasteiger partial charge in [0.15, 0.2) is 5.82 Å². The molecule has 17 heavy (non-hydrogen) atoms. The van der Waals surface area contributed by atoms with Crippen molar-refractivity contribution in [3.05, 3.63) is 41.7 Å². The second-order valence-corrected chi connectivity index (χ2v) is 3.63. The average Bonchev–Trinajstić information content (AvgIpc) is 2.81. The van der Waals surface area contributed by atoms with Gasteiger partial charge >= 0.3 is 0 Å². The van der Waals surface area contributed by atoms with E-state index in [9.17, 15) is 0 Å². The third-order valence-corrected chi connectivity index (χ3v) is 2.21. The van der Waals surface area contributed by atoms with Crippen molar-refractivity contribution >= 4 is 5.82 Å². The molecule has 0 aliphatic heterocycles. The van der Waals surface area contributed by atoms with Crippen molar-refractivity contribution in [2.45, 2.75) is 20.1 Å². The van der Waals surface area contributed by atoms with Gasteiger partial charge in [0.2, 0.25) is 0 Å². The Hall–Kier alpha value is -1.88. The smallest absolute Gasteiger partial charge is 0.156 e. The van der Waals surface area contributed by atoms with Gasteiger partial charge in [-0.2, -0.15) is 0 Å². The number of hydrogen-bond acceptors (Lipinski definition) is 5. The maximum atomic E-state index is 5.47. The second kappa shape index (κ2) is 5.45. The van der Waals surface area contributed by atoms with E-state index in [1.165, 1.54) is 0 Å². The largest absolute Gasteiger partial charge is 0.467 e. The predicted molar refractivity (Wildman–Crippen MR) is 63.5 cm³/mol. The monoisotopic (exact) mass is 233 g/mol. The standard InChI is InChI=1S/C12H15N3O2/c1-9-6-11(13-2)15-12(14-9)8-16-7-10-4-3-5-17-10/h3-6H,7-8H2,1-2H3,(H,13,14,15). The quantitative estimate of drug-likeness (QED) is 0.857. The molecule has 0 radical (unpaired) electrons. The number of aryl methyl sites for hydroxylation is 1. The van der Waals surface area contributed by atoms with Crippen LogP contribution in [0, 0.1) is 6.92 Å². The van der Waals surface area contributed by atoms with Crippen LogP contribution in [0.25, 0.3) is 0 Å². The van der Waals surface area contributed by atoms with Crippen LogP contribution < -0.4 is 5.32 Å². The van der Waals surface area contributed by atoms with Gasteiger partial charge in [0.1, 0.15) is 24.8 Å². The minimum atomic E-state index is 0.372. The van der Waals surface area contributed by atoms with Crippen LogP contribution in [0.4, 0.5) is 5.82 Å². The third kappa shape index (κ3) is 3.29. The Bertz CT molecular complexity index is 469. The fourth-order valence-electron chi connectivity index (χ4n) is 1.46. The normalized spacial score (nSPS) is 10.5. The van der Waals surface area contributed by atoms with Crippen LogP contribution in [0.3, 0.4) is 0 Å². The van der Waals surface area contributed by atoms with Gasteiger partial charge in [-0.1, -0.05) is 0 Å². The summed E-state index contributed by atoms with van der Waals surface area (Å²) in [6.07, 6.45) is 1.63. The van der Waals surface area contributed by atoms with Crippen molar-refractivity contribution in [2.75, 3.05) is 12.4 Å². The molecule has 90 valence electrons. The summed E-state index contributed by atoms with van der Waals surface area (Å²) in [6.45, 7) is 2.73. The number of rotatable bonds is 5. The molecule has 0 aliphatic carbocycles. The molecule has 0 atom stereocenters. The molecule has 5 nitrogen and oxygen atoms in total. The van der Waals surface area contributed by atoms with Crippen molar-refractivity contribution in [2.24, 2.45) is 0 Å². The van der Waals surface area contributed by atoms with Gasteiger partial charge in [0.05, 0.1) is 6.26 Å². The van der Waals surface area contributed by atoms with E-state index in [0.717, 1.165) is 17.3 Å². The highest BCUT2D eigenvalue weighted by Crippen LogP contribution is 2.08. The molecule has 0 aliphatic rings. The zero-order valence-electron chi connectivity index (χ0n) is 9.93. The molecule has 0 saturated heterocycles. The van der Waals surface area contributed by atoms with Crippen LogP contribution in [-0.2, 0) is 18.0 Å². The Labute approximate surface area is 99.8 Å². The Balaban J connectivity index is 1.92. The van der Waals surface area contributed by atoms with E-state index < -0.39 is 0 Å². The minimum Gasteiger partial charge on any atom is -0.467 e. The van der Waals surface area contributed by atoms with Gasteiger partial charge in [-0.15, -0.1) is 0 Å². The number of ether oxygens (including phenoxy) is 1. The van der Waals surface area contributed by atoms with Gasteiger partial charge in [0.25, 0.3) is 0 Å². The molecule has 0 saturated carbocycles. The summed E-state index contributed by atoms with van der Waals surface area (Å²) in [7, 11) is 1.83. The van der Waals surface area contributed by atoms with Crippen molar-refractivity contribution in [1.29, 1.82) is 0 Å². The molecular weight excluding hydrogens is 218 g/mol. The third-order valence-electron chi connectivity index (χ3n) is 2.21. The summed E-state index contributed by atoms with van der Waals surface area (Å²) >= 11 is 0. The van der Waals surface area contributed by atoms with Gasteiger partial charge in [-0.25, -0.2) is 9.97 Å². The first-order valence-electron chi connectivity index (χ1n) is 5.40. The van der Waals surface area contributed by atoms with E-state index in [1.54, 1.807) is 6.26 Å². The topological polar surface area (TPSA) is 60.2 Å². The molecule has 1 N–H and O–H groups in total. The van der Waals surface area contributed by atoms with Crippen LogP contribution in [-0.4, -0.2) is 17.0 Å². The van der Waals surface area contributed by atoms with Gasteiger partial charge in [0, 0.05) is 18.8 Å². The maximum absolute atomic E-state index is 5.47. The molecule has 0 bridgehead atoms. The second-order valence-electron chi connectivity index (χ2n) is 3.63. The lowest BCUT2D eigenvalue weighted by Crippen LogP contribution is -2.03.